The molecule has 1 heterocycles. The summed E-state index contributed by atoms with van der Waals surface area (Å²) in [5.74, 6) is -1.28. The lowest BCUT2D eigenvalue weighted by molar-refractivity contribution is -0.305. The van der Waals surface area contributed by atoms with Gasteiger partial charge in [0.25, 0.3) is 0 Å². The molecule has 1 fully saturated rings. The van der Waals surface area contributed by atoms with Gasteiger partial charge in [-0.25, -0.2) is 0 Å². The van der Waals surface area contributed by atoms with Crippen molar-refractivity contribution in [2.24, 2.45) is 0 Å². The van der Waals surface area contributed by atoms with Gasteiger partial charge >= 0.3 is 5.97 Å². The van der Waals surface area contributed by atoms with Crippen LogP contribution in [-0.4, -0.2) is 99.6 Å². The van der Waals surface area contributed by atoms with Crippen molar-refractivity contribution in [1.29, 1.82) is 0 Å². The van der Waals surface area contributed by atoms with Gasteiger partial charge < -0.3 is 45.1 Å². The first-order chi connectivity index (χ1) is 42.7. The Labute approximate surface area is 533 Å². The Morgan fingerprint density at radius 3 is 1.20 bits per heavy atom. The van der Waals surface area contributed by atoms with Gasteiger partial charge in [0.1, 0.15) is 24.4 Å². The molecule has 0 aromatic carbocycles. The Kier molecular flexibility index (Phi) is 59.3. The highest BCUT2D eigenvalue weighted by Gasteiger charge is 2.47. The normalized spacial score (nSPS) is 18.7. The van der Waals surface area contributed by atoms with E-state index in [-0.39, 0.29) is 19.4 Å². The lowest BCUT2D eigenvalue weighted by Crippen LogP contribution is -2.61. The maximum atomic E-state index is 13.4. The summed E-state index contributed by atoms with van der Waals surface area (Å²) in [6, 6.07) is -1.07. The predicted molar refractivity (Wildman–Crippen MR) is 366 cm³/mol. The van der Waals surface area contributed by atoms with Crippen molar-refractivity contribution < 1.29 is 49.3 Å². The van der Waals surface area contributed by atoms with Crippen LogP contribution in [0.2, 0.25) is 0 Å². The van der Waals surface area contributed by atoms with Crippen molar-refractivity contribution in [2.75, 3.05) is 13.2 Å². The van der Waals surface area contributed by atoms with Crippen molar-refractivity contribution in [1.82, 2.24) is 5.32 Å². The molecule has 0 aromatic heterocycles. The van der Waals surface area contributed by atoms with E-state index in [9.17, 15) is 35.1 Å². The SMILES string of the molecule is CC/C=C\C/C=C\C/C=C\C/C=C\C/C=C\C/C=C\CC(O)C(=O)NC(COC1OC(CO)C(O)C(O)C1OC(=O)CCCCCCCCCCCCCCCCCCCCCCCCCCCCC)C(O)/C=C/CCCCCCCCCCCCC. The summed E-state index contributed by atoms with van der Waals surface area (Å²) < 4.78 is 17.7. The quantitative estimate of drug-likeness (QED) is 0.0195. The van der Waals surface area contributed by atoms with Crippen molar-refractivity contribution in [2.45, 2.75) is 372 Å². The smallest absolute Gasteiger partial charge is 0.306 e. The van der Waals surface area contributed by atoms with Gasteiger partial charge in [-0.15, -0.1) is 0 Å². The number of nitrogens with one attached hydrogen (secondary N) is 1. The minimum atomic E-state index is -1.63. The molecule has 504 valence electrons. The summed E-state index contributed by atoms with van der Waals surface area (Å²) >= 11 is 0. The van der Waals surface area contributed by atoms with Crippen LogP contribution in [0.15, 0.2) is 85.1 Å². The molecule has 0 spiro atoms. The Balaban J connectivity index is 2.58. The lowest BCUT2D eigenvalue weighted by Gasteiger charge is -2.41. The summed E-state index contributed by atoms with van der Waals surface area (Å²) in [7, 11) is 0. The topological polar surface area (TPSA) is 175 Å². The van der Waals surface area contributed by atoms with Crippen LogP contribution >= 0.6 is 0 Å². The summed E-state index contributed by atoms with van der Waals surface area (Å²) in [6.45, 7) is 5.67. The molecule has 1 aliphatic rings. The molecule has 1 aliphatic heterocycles. The first-order valence-electron chi connectivity index (χ1n) is 36.4. The third kappa shape index (κ3) is 50.2. The standard InChI is InChI=1S/C76H135NO10/c1-4-7-10-13-16-19-22-25-27-29-31-32-33-34-35-36-37-38-39-41-43-46-49-52-55-58-61-64-71(81)87-74-73(83)72(82)70(65-78)86-76(74)85-66-67(68(79)62-59-56-53-50-47-44-24-21-18-15-12-9-6-3)77-75(84)69(80)63-60-57-54-51-48-45-42-40-30-28-26-23-20-17-14-11-8-5-2/h8,11,17,20,26,28,40,42,48,51,57,59-60,62,67-70,72-74,76,78-80,82-83H,4-7,9-10,12-16,18-19,21-25,27,29-39,41,43-47,49-50,52-56,58,61,63-66H2,1-3H3,(H,77,84)/b11-8-,20-17-,28-26-,42-40-,51-48-,60-57-,62-59+. The Hall–Kier alpha value is -3.16. The first-order valence-corrected chi connectivity index (χ1v) is 36.4. The van der Waals surface area contributed by atoms with Gasteiger partial charge in [-0.2, -0.15) is 0 Å². The zero-order valence-electron chi connectivity index (χ0n) is 56.1. The van der Waals surface area contributed by atoms with E-state index in [2.05, 4.69) is 80.8 Å². The van der Waals surface area contributed by atoms with E-state index >= 15 is 0 Å². The van der Waals surface area contributed by atoms with Crippen LogP contribution < -0.4 is 5.32 Å². The molecule has 87 heavy (non-hydrogen) atoms. The highest BCUT2D eigenvalue weighted by Crippen LogP contribution is 2.26. The molecule has 0 radical (unpaired) electrons. The molecule has 8 unspecified atom stereocenters. The number of carbonyl (C=O) groups is 2. The molecular weight excluding hydrogens is 1090 g/mol. The number of esters is 1. The molecule has 1 amide bonds. The van der Waals surface area contributed by atoms with Crippen LogP contribution in [-0.2, 0) is 23.8 Å². The van der Waals surface area contributed by atoms with Gasteiger partial charge in [-0.1, -0.05) is 337 Å². The van der Waals surface area contributed by atoms with E-state index in [1.54, 1.807) is 12.2 Å². The minimum Gasteiger partial charge on any atom is -0.454 e. The second-order valence-corrected chi connectivity index (χ2v) is 25.0. The number of hydrogen-bond acceptors (Lipinski definition) is 10. The van der Waals surface area contributed by atoms with E-state index < -0.39 is 67.4 Å². The van der Waals surface area contributed by atoms with Crippen LogP contribution in [0.1, 0.15) is 323 Å². The van der Waals surface area contributed by atoms with Gasteiger partial charge in [0.2, 0.25) is 5.91 Å². The van der Waals surface area contributed by atoms with Gasteiger partial charge in [-0.05, 0) is 57.8 Å². The summed E-state index contributed by atoms with van der Waals surface area (Å²) in [5, 5.41) is 57.1. The van der Waals surface area contributed by atoms with Crippen LogP contribution in [0.5, 0.6) is 0 Å². The molecule has 6 N–H and O–H groups in total. The number of unbranched alkanes of at least 4 members (excludes halogenated alkanes) is 37. The van der Waals surface area contributed by atoms with Gasteiger partial charge in [0, 0.05) is 12.8 Å². The second kappa shape index (κ2) is 63.0. The fourth-order valence-electron chi connectivity index (χ4n) is 11.1. The average Bonchev–Trinajstić information content (AvgIpc) is 2.75. The summed E-state index contributed by atoms with van der Waals surface area (Å²) in [6.07, 6.45) is 73.7. The molecule has 8 atom stereocenters. The molecular formula is C76H135NO10. The zero-order chi connectivity index (χ0) is 63.1. The molecule has 1 rings (SSSR count). The van der Waals surface area contributed by atoms with Crippen molar-refractivity contribution in [3.05, 3.63) is 85.1 Å². The van der Waals surface area contributed by atoms with Crippen LogP contribution in [0, 0.1) is 0 Å². The fourth-order valence-corrected chi connectivity index (χ4v) is 11.1. The number of rotatable bonds is 62. The second-order valence-electron chi connectivity index (χ2n) is 25.0. The average molecular weight is 1220 g/mol. The number of ether oxygens (including phenoxy) is 3. The molecule has 11 heteroatoms. The largest absolute Gasteiger partial charge is 0.454 e. The van der Waals surface area contributed by atoms with E-state index in [1.807, 2.05) is 18.2 Å². The number of aliphatic hydroxyl groups is 5. The predicted octanol–water partition coefficient (Wildman–Crippen LogP) is 18.8. The highest BCUT2D eigenvalue weighted by molar-refractivity contribution is 5.81. The lowest BCUT2D eigenvalue weighted by atomic mass is 9.99. The van der Waals surface area contributed by atoms with Crippen LogP contribution in [0.25, 0.3) is 0 Å². The van der Waals surface area contributed by atoms with Gasteiger partial charge in [0.15, 0.2) is 12.4 Å². The van der Waals surface area contributed by atoms with Gasteiger partial charge in [-0.3, -0.25) is 9.59 Å². The van der Waals surface area contributed by atoms with Crippen molar-refractivity contribution >= 4 is 11.9 Å². The monoisotopic (exact) mass is 1220 g/mol. The van der Waals surface area contributed by atoms with Crippen LogP contribution in [0.3, 0.4) is 0 Å². The van der Waals surface area contributed by atoms with E-state index in [0.29, 0.717) is 12.8 Å². The third-order valence-electron chi connectivity index (χ3n) is 16.8. The number of amides is 1. The van der Waals surface area contributed by atoms with Gasteiger partial charge in [0.05, 0.1) is 25.4 Å². The maximum Gasteiger partial charge on any atom is 0.306 e. The molecule has 1 saturated heterocycles. The minimum absolute atomic E-state index is 0.0562. The number of allylic oxidation sites excluding steroid dienone is 12. The molecule has 0 aromatic rings. The van der Waals surface area contributed by atoms with Crippen molar-refractivity contribution in [3.8, 4) is 0 Å². The van der Waals surface area contributed by atoms with Crippen molar-refractivity contribution in [3.63, 3.8) is 0 Å². The molecule has 0 aliphatic carbocycles. The fraction of sp³-hybridized carbons (Fsp3) is 0.789. The zero-order valence-corrected chi connectivity index (χ0v) is 56.1. The highest BCUT2D eigenvalue weighted by atomic mass is 16.7. The summed E-state index contributed by atoms with van der Waals surface area (Å²) in [4.78, 5) is 26.6. The number of hydrogen-bond donors (Lipinski definition) is 6. The Bertz CT molecular complexity index is 1740. The Morgan fingerprint density at radius 2 is 0.816 bits per heavy atom. The molecule has 11 nitrogen and oxygen atoms in total. The Morgan fingerprint density at radius 1 is 0.460 bits per heavy atom. The van der Waals surface area contributed by atoms with E-state index in [0.717, 1.165) is 77.0 Å². The molecule has 0 bridgehead atoms. The first kappa shape index (κ1) is 81.9. The molecule has 0 saturated carbocycles. The number of carbonyl (C=O) groups excluding carboxylic acids is 2. The third-order valence-corrected chi connectivity index (χ3v) is 16.8. The van der Waals surface area contributed by atoms with Crippen LogP contribution in [0.4, 0.5) is 0 Å². The van der Waals surface area contributed by atoms with E-state index in [4.69, 9.17) is 14.2 Å². The maximum absolute atomic E-state index is 13.4. The summed E-state index contributed by atoms with van der Waals surface area (Å²) in [5.41, 5.74) is 0. The number of aliphatic hydroxyl groups excluding tert-OH is 5. The van der Waals surface area contributed by atoms with E-state index in [1.165, 1.54) is 199 Å².